The van der Waals surface area contributed by atoms with E-state index in [1.807, 2.05) is 13.8 Å². The van der Waals surface area contributed by atoms with Crippen molar-refractivity contribution < 1.29 is 15.0 Å². The van der Waals surface area contributed by atoms with Crippen molar-refractivity contribution >= 4 is 17.5 Å². The first-order chi connectivity index (χ1) is 8.47. The molecular formula is C13H18ClNO3. The monoisotopic (exact) mass is 271 g/mol. The molecule has 1 unspecified atom stereocenters. The van der Waals surface area contributed by atoms with Gasteiger partial charge in [-0.25, -0.2) is 0 Å². The van der Waals surface area contributed by atoms with Crippen LogP contribution in [-0.2, 0) is 0 Å². The number of para-hydroxylation sites is 1. The molecule has 3 N–H and O–H groups in total. The van der Waals surface area contributed by atoms with E-state index in [1.165, 1.54) is 18.2 Å². The Kier molecular flexibility index (Phi) is 5.28. The van der Waals surface area contributed by atoms with Crippen molar-refractivity contribution in [1.82, 2.24) is 5.32 Å². The number of carbonyl (C=O) groups excluding carboxylic acids is 1. The van der Waals surface area contributed by atoms with Crippen LogP contribution in [0.25, 0.3) is 0 Å². The molecule has 1 rings (SSSR count). The lowest BCUT2D eigenvalue weighted by atomic mass is 10.0. The average Bonchev–Trinajstić information content (AvgIpc) is 2.31. The normalized spacial score (nSPS) is 12.4. The number of hydrogen-bond acceptors (Lipinski definition) is 3. The highest BCUT2D eigenvalue weighted by Gasteiger charge is 2.19. The van der Waals surface area contributed by atoms with Crippen LogP contribution in [0.1, 0.15) is 30.6 Å². The lowest BCUT2D eigenvalue weighted by Crippen LogP contribution is -2.38. The van der Waals surface area contributed by atoms with Crippen LogP contribution in [-0.4, -0.2) is 28.0 Å². The van der Waals surface area contributed by atoms with E-state index in [0.29, 0.717) is 12.3 Å². The summed E-state index contributed by atoms with van der Waals surface area (Å²) >= 11 is 5.69. The average molecular weight is 272 g/mol. The summed E-state index contributed by atoms with van der Waals surface area (Å²) in [6.07, 6.45) is 0.657. The van der Waals surface area contributed by atoms with Crippen LogP contribution in [0.3, 0.4) is 0 Å². The molecule has 100 valence electrons. The standard InChI is InChI=1S/C13H18ClNO3/c1-8(2)10(6-7-14)15-13(18)9-4-3-5-11(16)12(9)17/h3-5,8,10,16-17H,6-7H2,1-2H3,(H,15,18). The fourth-order valence-corrected chi connectivity index (χ4v) is 1.89. The van der Waals surface area contributed by atoms with Gasteiger partial charge in [0.1, 0.15) is 0 Å². The van der Waals surface area contributed by atoms with E-state index in [9.17, 15) is 15.0 Å². The summed E-state index contributed by atoms with van der Waals surface area (Å²) < 4.78 is 0. The van der Waals surface area contributed by atoms with Crippen molar-refractivity contribution in [3.8, 4) is 11.5 Å². The molecular weight excluding hydrogens is 254 g/mol. The summed E-state index contributed by atoms with van der Waals surface area (Å²) in [4.78, 5) is 12.0. The Balaban J connectivity index is 2.84. The van der Waals surface area contributed by atoms with Crippen molar-refractivity contribution in [1.29, 1.82) is 0 Å². The van der Waals surface area contributed by atoms with Crippen molar-refractivity contribution in [2.24, 2.45) is 5.92 Å². The zero-order valence-electron chi connectivity index (χ0n) is 10.5. The predicted molar refractivity (Wildman–Crippen MR) is 71.2 cm³/mol. The van der Waals surface area contributed by atoms with Gasteiger partial charge in [0, 0.05) is 11.9 Å². The topological polar surface area (TPSA) is 69.6 Å². The number of rotatable bonds is 5. The second kappa shape index (κ2) is 6.50. The highest BCUT2D eigenvalue weighted by molar-refractivity contribution is 6.17. The van der Waals surface area contributed by atoms with Crippen LogP contribution in [0.5, 0.6) is 11.5 Å². The van der Waals surface area contributed by atoms with Gasteiger partial charge in [-0.2, -0.15) is 0 Å². The van der Waals surface area contributed by atoms with Gasteiger partial charge in [-0.3, -0.25) is 4.79 Å². The third kappa shape index (κ3) is 3.53. The lowest BCUT2D eigenvalue weighted by Gasteiger charge is -2.21. The molecule has 1 atom stereocenters. The Bertz CT molecular complexity index is 421. The maximum Gasteiger partial charge on any atom is 0.255 e. The van der Waals surface area contributed by atoms with Crippen molar-refractivity contribution in [2.75, 3.05) is 5.88 Å². The Morgan fingerprint density at radius 1 is 1.39 bits per heavy atom. The van der Waals surface area contributed by atoms with Gasteiger partial charge in [0.05, 0.1) is 5.56 Å². The molecule has 0 aromatic heterocycles. The third-order valence-electron chi connectivity index (χ3n) is 2.80. The van der Waals surface area contributed by atoms with E-state index in [0.717, 1.165) is 0 Å². The van der Waals surface area contributed by atoms with Crippen LogP contribution >= 0.6 is 11.6 Å². The quantitative estimate of drug-likeness (QED) is 0.569. The molecule has 0 aliphatic heterocycles. The number of phenolic OH excluding ortho intramolecular Hbond substituents is 2. The second-order valence-corrected chi connectivity index (χ2v) is 4.85. The maximum absolute atomic E-state index is 12.0. The fraction of sp³-hybridized carbons (Fsp3) is 0.462. The van der Waals surface area contributed by atoms with Crippen LogP contribution in [0.4, 0.5) is 0 Å². The number of phenols is 2. The number of hydrogen-bond donors (Lipinski definition) is 3. The molecule has 18 heavy (non-hydrogen) atoms. The van der Waals surface area contributed by atoms with Gasteiger partial charge < -0.3 is 15.5 Å². The number of nitrogens with one attached hydrogen (secondary N) is 1. The minimum atomic E-state index is -0.410. The number of amides is 1. The van der Waals surface area contributed by atoms with E-state index in [1.54, 1.807) is 0 Å². The molecule has 0 fully saturated rings. The summed E-state index contributed by atoms with van der Waals surface area (Å²) in [6.45, 7) is 3.97. The van der Waals surface area contributed by atoms with E-state index in [-0.39, 0.29) is 23.3 Å². The van der Waals surface area contributed by atoms with Gasteiger partial charge in [0.15, 0.2) is 11.5 Å². The number of halogens is 1. The smallest absolute Gasteiger partial charge is 0.255 e. The molecule has 0 radical (unpaired) electrons. The van der Waals surface area contributed by atoms with Crippen molar-refractivity contribution in [2.45, 2.75) is 26.3 Å². The minimum absolute atomic E-state index is 0.0586. The molecule has 1 aromatic carbocycles. The SMILES string of the molecule is CC(C)C(CCCl)NC(=O)c1cccc(O)c1O. The van der Waals surface area contributed by atoms with Crippen LogP contribution < -0.4 is 5.32 Å². The van der Waals surface area contributed by atoms with E-state index in [4.69, 9.17) is 11.6 Å². The molecule has 1 amide bonds. The van der Waals surface area contributed by atoms with Gasteiger partial charge in [-0.15, -0.1) is 11.6 Å². The predicted octanol–water partition coefficient (Wildman–Crippen LogP) is 2.48. The molecule has 0 saturated heterocycles. The van der Waals surface area contributed by atoms with Gasteiger partial charge in [-0.1, -0.05) is 19.9 Å². The molecule has 5 heteroatoms. The molecule has 0 aliphatic rings. The maximum atomic E-state index is 12.0. The highest BCUT2D eigenvalue weighted by Crippen LogP contribution is 2.28. The van der Waals surface area contributed by atoms with E-state index in [2.05, 4.69) is 5.32 Å². The largest absolute Gasteiger partial charge is 0.504 e. The molecule has 4 nitrogen and oxygen atoms in total. The minimum Gasteiger partial charge on any atom is -0.504 e. The van der Waals surface area contributed by atoms with E-state index < -0.39 is 11.7 Å². The first kappa shape index (κ1) is 14.6. The van der Waals surface area contributed by atoms with Gasteiger partial charge in [0.2, 0.25) is 0 Å². The summed E-state index contributed by atoms with van der Waals surface area (Å²) in [5.41, 5.74) is 0.0650. The zero-order chi connectivity index (χ0) is 13.7. The van der Waals surface area contributed by atoms with Crippen molar-refractivity contribution in [3.05, 3.63) is 23.8 Å². The first-order valence-corrected chi connectivity index (χ1v) is 6.38. The van der Waals surface area contributed by atoms with E-state index >= 15 is 0 Å². The summed E-state index contributed by atoms with van der Waals surface area (Å²) in [5.74, 6) is -0.418. The Labute approximate surface area is 112 Å². The molecule has 0 saturated carbocycles. The number of carbonyl (C=O) groups is 1. The Hall–Kier alpha value is -1.42. The lowest BCUT2D eigenvalue weighted by molar-refractivity contribution is 0.0921. The summed E-state index contributed by atoms with van der Waals surface area (Å²) in [6, 6.07) is 4.24. The number of benzene rings is 1. The second-order valence-electron chi connectivity index (χ2n) is 4.47. The van der Waals surface area contributed by atoms with Gasteiger partial charge in [-0.05, 0) is 24.5 Å². The summed E-state index contributed by atoms with van der Waals surface area (Å²) in [5, 5.41) is 21.8. The highest BCUT2D eigenvalue weighted by atomic mass is 35.5. The number of aromatic hydroxyl groups is 2. The first-order valence-electron chi connectivity index (χ1n) is 5.85. The molecule has 0 aliphatic carbocycles. The molecule has 0 heterocycles. The van der Waals surface area contributed by atoms with Gasteiger partial charge >= 0.3 is 0 Å². The van der Waals surface area contributed by atoms with Crippen LogP contribution in [0, 0.1) is 5.92 Å². The molecule has 0 bridgehead atoms. The van der Waals surface area contributed by atoms with Crippen LogP contribution in [0.15, 0.2) is 18.2 Å². The molecule has 0 spiro atoms. The summed E-state index contributed by atoms with van der Waals surface area (Å²) in [7, 11) is 0. The Morgan fingerprint density at radius 2 is 2.06 bits per heavy atom. The number of alkyl halides is 1. The Morgan fingerprint density at radius 3 is 2.61 bits per heavy atom. The van der Waals surface area contributed by atoms with Crippen molar-refractivity contribution in [3.63, 3.8) is 0 Å². The fourth-order valence-electron chi connectivity index (χ4n) is 1.65. The molecule has 1 aromatic rings. The van der Waals surface area contributed by atoms with Gasteiger partial charge in [0.25, 0.3) is 5.91 Å². The zero-order valence-corrected chi connectivity index (χ0v) is 11.2. The van der Waals surface area contributed by atoms with Crippen LogP contribution in [0.2, 0.25) is 0 Å². The third-order valence-corrected chi connectivity index (χ3v) is 3.02.